The summed E-state index contributed by atoms with van der Waals surface area (Å²) < 4.78 is 13.4. The molecule has 1 heterocycles. The summed E-state index contributed by atoms with van der Waals surface area (Å²) in [5.74, 6) is -0.124. The Labute approximate surface area is 175 Å². The molecule has 2 aromatic rings. The number of anilines is 1. The second-order valence-corrected chi connectivity index (χ2v) is 7.34. The Morgan fingerprint density at radius 2 is 1.93 bits per heavy atom. The van der Waals surface area contributed by atoms with Gasteiger partial charge in [0.25, 0.3) is 5.91 Å². The molecule has 0 saturated carbocycles. The largest absolute Gasteiger partial charge is 0.404 e. The molecule has 0 bridgehead atoms. The van der Waals surface area contributed by atoms with Crippen molar-refractivity contribution in [1.29, 1.82) is 10.8 Å². The minimum Gasteiger partial charge on any atom is -0.404 e. The standard InChI is InChI=1S/C23H26FN5O/c24-21-3-1-2-18(11-21)23(30)29-8-6-16(7-9-29)15-28-22-5-4-17(10-19(22)12-25)20(13-26)14-27/h1-5,10-14,16,25-26,28H,6-9,15,27H2/b20-14+,25-12?,26-13?. The summed E-state index contributed by atoms with van der Waals surface area (Å²) >= 11 is 0. The summed E-state index contributed by atoms with van der Waals surface area (Å²) in [7, 11) is 0. The van der Waals surface area contributed by atoms with Crippen molar-refractivity contribution in [3.63, 3.8) is 0 Å². The lowest BCUT2D eigenvalue weighted by molar-refractivity contribution is 0.0694. The molecule has 1 amide bonds. The van der Waals surface area contributed by atoms with E-state index in [0.29, 0.717) is 30.1 Å². The predicted octanol–water partition coefficient (Wildman–Crippen LogP) is 3.74. The average molecular weight is 407 g/mol. The number of piperidine rings is 1. The first-order chi connectivity index (χ1) is 14.5. The van der Waals surface area contributed by atoms with Crippen molar-refractivity contribution in [1.82, 2.24) is 4.90 Å². The van der Waals surface area contributed by atoms with Gasteiger partial charge < -0.3 is 26.8 Å². The smallest absolute Gasteiger partial charge is 0.253 e. The van der Waals surface area contributed by atoms with Gasteiger partial charge in [0.1, 0.15) is 5.82 Å². The third kappa shape index (κ3) is 4.92. The van der Waals surface area contributed by atoms with Crippen molar-refractivity contribution in [2.24, 2.45) is 11.7 Å². The van der Waals surface area contributed by atoms with Crippen LogP contribution in [0.3, 0.4) is 0 Å². The van der Waals surface area contributed by atoms with Gasteiger partial charge in [0.15, 0.2) is 0 Å². The van der Waals surface area contributed by atoms with Crippen molar-refractivity contribution in [3.8, 4) is 0 Å². The molecule has 2 aromatic carbocycles. The van der Waals surface area contributed by atoms with Crippen LogP contribution in [0.15, 0.2) is 48.7 Å². The zero-order chi connectivity index (χ0) is 21.5. The minimum absolute atomic E-state index is 0.127. The molecule has 30 heavy (non-hydrogen) atoms. The van der Waals surface area contributed by atoms with E-state index in [1.807, 2.05) is 18.2 Å². The highest BCUT2D eigenvalue weighted by atomic mass is 19.1. The number of rotatable bonds is 7. The monoisotopic (exact) mass is 407 g/mol. The van der Waals surface area contributed by atoms with E-state index in [2.05, 4.69) is 5.32 Å². The number of amides is 1. The Balaban J connectivity index is 1.56. The van der Waals surface area contributed by atoms with Gasteiger partial charge in [-0.25, -0.2) is 4.39 Å². The number of hydrogen-bond acceptors (Lipinski definition) is 5. The number of nitrogens with zero attached hydrogens (tertiary/aromatic N) is 1. The minimum atomic E-state index is -0.400. The fourth-order valence-corrected chi connectivity index (χ4v) is 3.65. The predicted molar refractivity (Wildman–Crippen MR) is 119 cm³/mol. The molecule has 1 saturated heterocycles. The highest BCUT2D eigenvalue weighted by Crippen LogP contribution is 2.23. The van der Waals surface area contributed by atoms with Gasteiger partial charge >= 0.3 is 0 Å². The Morgan fingerprint density at radius 1 is 1.17 bits per heavy atom. The van der Waals surface area contributed by atoms with Gasteiger partial charge in [0.2, 0.25) is 0 Å². The van der Waals surface area contributed by atoms with Crippen LogP contribution in [0.1, 0.15) is 34.3 Å². The second kappa shape index (κ2) is 9.82. The zero-order valence-corrected chi connectivity index (χ0v) is 16.7. The van der Waals surface area contributed by atoms with Crippen LogP contribution in [-0.2, 0) is 0 Å². The molecular weight excluding hydrogens is 381 g/mol. The normalized spacial score (nSPS) is 15.0. The van der Waals surface area contributed by atoms with E-state index < -0.39 is 5.82 Å². The molecule has 0 atom stereocenters. The van der Waals surface area contributed by atoms with E-state index in [1.165, 1.54) is 30.8 Å². The molecule has 5 N–H and O–H groups in total. The zero-order valence-electron chi connectivity index (χ0n) is 16.7. The summed E-state index contributed by atoms with van der Waals surface area (Å²) in [6.45, 7) is 2.02. The van der Waals surface area contributed by atoms with Crippen molar-refractivity contribution < 1.29 is 9.18 Å². The summed E-state index contributed by atoms with van der Waals surface area (Å²) in [4.78, 5) is 14.3. The maximum Gasteiger partial charge on any atom is 0.253 e. The summed E-state index contributed by atoms with van der Waals surface area (Å²) in [6.07, 6.45) is 5.57. The van der Waals surface area contributed by atoms with Crippen LogP contribution in [0.4, 0.5) is 10.1 Å². The quantitative estimate of drug-likeness (QED) is 0.525. The van der Waals surface area contributed by atoms with E-state index in [-0.39, 0.29) is 5.91 Å². The average Bonchev–Trinajstić information content (AvgIpc) is 2.78. The highest BCUT2D eigenvalue weighted by Gasteiger charge is 2.24. The number of hydrogen-bond donors (Lipinski definition) is 4. The van der Waals surface area contributed by atoms with E-state index in [4.69, 9.17) is 16.6 Å². The highest BCUT2D eigenvalue weighted by molar-refractivity contribution is 6.08. The SMILES string of the molecule is N=C/C(=C\N)c1ccc(NCC2CCN(C(=O)c3cccc(F)c3)CC2)c(C=N)c1. The molecule has 156 valence electrons. The maximum atomic E-state index is 13.4. The Hall–Kier alpha value is -3.48. The van der Waals surface area contributed by atoms with Gasteiger partial charge in [-0.2, -0.15) is 0 Å². The third-order valence-electron chi connectivity index (χ3n) is 5.43. The first-order valence-corrected chi connectivity index (χ1v) is 9.91. The topological polar surface area (TPSA) is 106 Å². The summed E-state index contributed by atoms with van der Waals surface area (Å²) in [6, 6.07) is 11.4. The van der Waals surface area contributed by atoms with E-state index in [0.717, 1.165) is 36.2 Å². The second-order valence-electron chi connectivity index (χ2n) is 7.34. The lowest BCUT2D eigenvalue weighted by atomic mass is 9.95. The molecule has 0 spiro atoms. The van der Waals surface area contributed by atoms with E-state index in [9.17, 15) is 9.18 Å². The van der Waals surface area contributed by atoms with Gasteiger partial charge in [0.05, 0.1) is 0 Å². The maximum absolute atomic E-state index is 13.4. The molecule has 7 heteroatoms. The number of carbonyl (C=O) groups is 1. The van der Waals surface area contributed by atoms with Crippen LogP contribution in [0.5, 0.6) is 0 Å². The van der Waals surface area contributed by atoms with Gasteiger partial charge in [-0.3, -0.25) is 4.79 Å². The van der Waals surface area contributed by atoms with Crippen molar-refractivity contribution in [2.45, 2.75) is 12.8 Å². The van der Waals surface area contributed by atoms with Gasteiger partial charge in [0, 0.05) is 60.7 Å². The molecule has 1 aliphatic heterocycles. The summed E-state index contributed by atoms with van der Waals surface area (Å²) in [5.41, 5.74) is 8.91. The molecule has 0 unspecified atom stereocenters. The van der Waals surface area contributed by atoms with E-state index in [1.54, 1.807) is 17.0 Å². The number of benzene rings is 2. The van der Waals surface area contributed by atoms with Crippen LogP contribution in [0.2, 0.25) is 0 Å². The molecule has 3 rings (SSSR count). The Morgan fingerprint density at radius 3 is 2.57 bits per heavy atom. The van der Waals surface area contributed by atoms with Crippen LogP contribution in [-0.4, -0.2) is 42.9 Å². The fourth-order valence-electron chi connectivity index (χ4n) is 3.65. The number of nitrogens with one attached hydrogen (secondary N) is 3. The molecule has 1 fully saturated rings. The molecule has 1 aliphatic rings. The Bertz CT molecular complexity index is 964. The van der Waals surface area contributed by atoms with Gasteiger partial charge in [-0.05, 0) is 54.7 Å². The third-order valence-corrected chi connectivity index (χ3v) is 5.43. The van der Waals surface area contributed by atoms with Gasteiger partial charge in [-0.1, -0.05) is 12.1 Å². The summed E-state index contributed by atoms with van der Waals surface area (Å²) in [5, 5.41) is 18.5. The van der Waals surface area contributed by atoms with Crippen molar-refractivity contribution >= 4 is 29.6 Å². The van der Waals surface area contributed by atoms with Crippen molar-refractivity contribution in [2.75, 3.05) is 25.0 Å². The number of carbonyl (C=O) groups excluding carboxylic acids is 1. The van der Waals surface area contributed by atoms with Crippen molar-refractivity contribution in [3.05, 3.63) is 71.2 Å². The lowest BCUT2D eigenvalue weighted by Gasteiger charge is -2.32. The molecule has 0 aromatic heterocycles. The first-order valence-electron chi connectivity index (χ1n) is 9.91. The number of likely N-dealkylation sites (tertiary alicyclic amines) is 1. The van der Waals surface area contributed by atoms with E-state index >= 15 is 0 Å². The molecular formula is C23H26FN5O. The lowest BCUT2D eigenvalue weighted by Crippen LogP contribution is -2.40. The number of allylic oxidation sites excluding steroid dienone is 1. The van der Waals surface area contributed by atoms with Crippen LogP contribution in [0, 0.1) is 22.6 Å². The molecule has 6 nitrogen and oxygen atoms in total. The van der Waals surface area contributed by atoms with Gasteiger partial charge in [-0.15, -0.1) is 0 Å². The van der Waals surface area contributed by atoms with Crippen LogP contribution >= 0.6 is 0 Å². The number of nitrogens with two attached hydrogens (primary N) is 1. The molecule has 0 radical (unpaired) electrons. The number of halogens is 1. The first kappa shape index (κ1) is 21.2. The van der Waals surface area contributed by atoms with Crippen LogP contribution in [0.25, 0.3) is 5.57 Å². The van der Waals surface area contributed by atoms with Crippen LogP contribution < -0.4 is 11.1 Å². The molecule has 0 aliphatic carbocycles. The Kier molecular flexibility index (Phi) is 6.95. The fraction of sp³-hybridized carbons (Fsp3) is 0.261.